The van der Waals surface area contributed by atoms with Crippen LogP contribution < -0.4 is 4.90 Å². The highest BCUT2D eigenvalue weighted by Gasteiger charge is 2.21. The van der Waals surface area contributed by atoms with Gasteiger partial charge in [-0.2, -0.15) is 0 Å². The first kappa shape index (κ1) is 32.2. The Hall–Kier alpha value is -6.70. The minimum atomic E-state index is 0.319. The van der Waals surface area contributed by atoms with Gasteiger partial charge in [0.1, 0.15) is 0 Å². The highest BCUT2D eigenvalue weighted by molar-refractivity contribution is 5.97. The van der Waals surface area contributed by atoms with Gasteiger partial charge in [-0.1, -0.05) is 182 Å². The van der Waals surface area contributed by atoms with Crippen LogP contribution in [0.2, 0.25) is 0 Å². The third kappa shape index (κ3) is 6.62. The predicted molar refractivity (Wildman–Crippen MR) is 226 cm³/mol. The topological polar surface area (TPSA) is 3.24 Å². The molecule has 0 heterocycles. The molecule has 53 heavy (non-hydrogen) atoms. The average Bonchev–Trinajstić information content (AvgIpc) is 3.25. The molecule has 0 spiro atoms. The number of hydrogen-bond donors (Lipinski definition) is 0. The number of anilines is 3. The van der Waals surface area contributed by atoms with Gasteiger partial charge in [0.25, 0.3) is 0 Å². The number of benzene rings is 8. The second kappa shape index (κ2) is 14.5. The summed E-state index contributed by atoms with van der Waals surface area (Å²) in [6.07, 6.45) is 9.92. The Morgan fingerprint density at radius 1 is 0.396 bits per heavy atom. The number of nitrogens with zero attached hydrogens (tertiary/aromatic N) is 1. The maximum Gasteiger partial charge on any atom is 0.0542 e. The van der Waals surface area contributed by atoms with E-state index in [0.29, 0.717) is 5.92 Å². The van der Waals surface area contributed by atoms with Crippen molar-refractivity contribution in [3.63, 3.8) is 0 Å². The molecule has 1 aliphatic rings. The van der Waals surface area contributed by atoms with E-state index in [1.165, 1.54) is 60.8 Å². The Morgan fingerprint density at radius 3 is 1.70 bits per heavy atom. The minimum absolute atomic E-state index is 0.319. The zero-order chi connectivity index (χ0) is 35.4. The number of rotatable bonds is 8. The summed E-state index contributed by atoms with van der Waals surface area (Å²) in [5, 5.41) is 2.51. The van der Waals surface area contributed by atoms with Crippen molar-refractivity contribution in [1.29, 1.82) is 0 Å². The van der Waals surface area contributed by atoms with Crippen LogP contribution in [0.15, 0.2) is 218 Å². The summed E-state index contributed by atoms with van der Waals surface area (Å²) >= 11 is 0. The van der Waals surface area contributed by atoms with E-state index in [4.69, 9.17) is 0 Å². The molecule has 0 amide bonds. The van der Waals surface area contributed by atoms with Crippen LogP contribution in [0.3, 0.4) is 0 Å². The van der Waals surface area contributed by atoms with Crippen molar-refractivity contribution in [2.45, 2.75) is 12.3 Å². The highest BCUT2D eigenvalue weighted by Crippen LogP contribution is 2.44. The van der Waals surface area contributed by atoms with Gasteiger partial charge in [-0.05, 0) is 98.1 Å². The maximum atomic E-state index is 2.44. The van der Waals surface area contributed by atoms with E-state index in [1.807, 2.05) is 0 Å². The van der Waals surface area contributed by atoms with E-state index in [1.54, 1.807) is 0 Å². The van der Waals surface area contributed by atoms with Crippen LogP contribution in [-0.4, -0.2) is 0 Å². The lowest BCUT2D eigenvalue weighted by molar-refractivity contribution is 0.854. The number of fused-ring (bicyclic) bond motifs is 1. The zero-order valence-corrected chi connectivity index (χ0v) is 29.5. The highest BCUT2D eigenvalue weighted by atomic mass is 15.1. The van der Waals surface area contributed by atoms with Crippen LogP contribution in [0.4, 0.5) is 17.1 Å². The van der Waals surface area contributed by atoms with Gasteiger partial charge in [-0.25, -0.2) is 0 Å². The second-order valence-corrected chi connectivity index (χ2v) is 13.7. The SMILES string of the molecule is C1=CCC(c2ccc(-c3cccc(-c4ccccc4)c3)c(N(c3ccc(-c4ccccc4)cc3)c3ccc(-c4cccc5ccccc45)cc3)c2)C=C1. The molecule has 0 radical (unpaired) electrons. The second-order valence-electron chi connectivity index (χ2n) is 13.7. The van der Waals surface area contributed by atoms with Crippen LogP contribution in [0.25, 0.3) is 55.3 Å². The van der Waals surface area contributed by atoms with Crippen molar-refractivity contribution in [2.75, 3.05) is 4.90 Å². The van der Waals surface area contributed by atoms with E-state index in [9.17, 15) is 0 Å². The third-order valence-electron chi connectivity index (χ3n) is 10.4. The summed E-state index contributed by atoms with van der Waals surface area (Å²) < 4.78 is 0. The first-order chi connectivity index (χ1) is 26.3. The number of hydrogen-bond acceptors (Lipinski definition) is 1. The van der Waals surface area contributed by atoms with Gasteiger partial charge in [0.05, 0.1) is 5.69 Å². The van der Waals surface area contributed by atoms with Gasteiger partial charge in [0.15, 0.2) is 0 Å². The Kier molecular flexibility index (Phi) is 8.82. The molecule has 1 unspecified atom stereocenters. The van der Waals surface area contributed by atoms with Crippen LogP contribution in [0.1, 0.15) is 17.9 Å². The fourth-order valence-corrected chi connectivity index (χ4v) is 7.66. The van der Waals surface area contributed by atoms with Gasteiger partial charge in [-0.3, -0.25) is 0 Å². The molecular formula is C52H39N. The fourth-order valence-electron chi connectivity index (χ4n) is 7.66. The molecule has 9 rings (SSSR count). The first-order valence-corrected chi connectivity index (χ1v) is 18.5. The molecule has 8 aromatic rings. The van der Waals surface area contributed by atoms with Crippen LogP contribution in [0.5, 0.6) is 0 Å². The number of allylic oxidation sites excluding steroid dienone is 4. The van der Waals surface area contributed by atoms with Gasteiger partial charge >= 0.3 is 0 Å². The summed E-state index contributed by atoms with van der Waals surface area (Å²) in [5.41, 5.74) is 14.3. The molecule has 0 saturated carbocycles. The molecule has 0 bridgehead atoms. The van der Waals surface area contributed by atoms with Crippen molar-refractivity contribution >= 4 is 27.8 Å². The monoisotopic (exact) mass is 677 g/mol. The maximum absolute atomic E-state index is 2.44. The molecule has 0 N–H and O–H groups in total. The van der Waals surface area contributed by atoms with E-state index >= 15 is 0 Å². The van der Waals surface area contributed by atoms with Crippen LogP contribution >= 0.6 is 0 Å². The Labute approximate surface area is 312 Å². The summed E-state index contributed by atoms with van der Waals surface area (Å²) in [5.74, 6) is 0.319. The van der Waals surface area contributed by atoms with Crippen molar-refractivity contribution in [3.05, 3.63) is 224 Å². The summed E-state index contributed by atoms with van der Waals surface area (Å²) in [6, 6.07) is 70.7. The molecular weight excluding hydrogens is 639 g/mol. The molecule has 1 aliphatic carbocycles. The van der Waals surface area contributed by atoms with Crippen LogP contribution in [0, 0.1) is 0 Å². The summed E-state index contributed by atoms with van der Waals surface area (Å²) in [7, 11) is 0. The van der Waals surface area contributed by atoms with Crippen molar-refractivity contribution in [3.8, 4) is 44.5 Å². The van der Waals surface area contributed by atoms with Gasteiger partial charge < -0.3 is 4.90 Å². The molecule has 0 fully saturated rings. The zero-order valence-electron chi connectivity index (χ0n) is 29.5. The van der Waals surface area contributed by atoms with E-state index in [0.717, 1.165) is 23.5 Å². The normalized spacial score (nSPS) is 13.6. The van der Waals surface area contributed by atoms with E-state index < -0.39 is 0 Å². The third-order valence-corrected chi connectivity index (χ3v) is 10.4. The van der Waals surface area contributed by atoms with E-state index in [-0.39, 0.29) is 0 Å². The molecule has 1 heteroatoms. The Balaban J connectivity index is 1.22. The lowest BCUT2D eigenvalue weighted by Crippen LogP contribution is -2.12. The van der Waals surface area contributed by atoms with Crippen molar-refractivity contribution < 1.29 is 0 Å². The standard InChI is InChI=1S/C52H39N/c1-4-14-38(15-5-1)41-26-31-47(32-27-41)53(48-33-28-43(29-34-48)50-25-13-21-42-20-10-11-24-49(42)50)52-37-45(40-18-8-3-9-19-40)30-35-51(52)46-23-12-22-44(36-46)39-16-6-2-7-17-39/h1-18,20-37,40H,19H2. The summed E-state index contributed by atoms with van der Waals surface area (Å²) in [4.78, 5) is 2.44. The van der Waals surface area contributed by atoms with Gasteiger partial charge in [-0.15, -0.1) is 0 Å². The predicted octanol–water partition coefficient (Wildman–Crippen LogP) is 14.6. The fraction of sp³-hybridized carbons (Fsp3) is 0.0385. The first-order valence-electron chi connectivity index (χ1n) is 18.5. The van der Waals surface area contributed by atoms with Gasteiger partial charge in [0, 0.05) is 22.9 Å². The Morgan fingerprint density at radius 2 is 0.981 bits per heavy atom. The molecule has 1 nitrogen and oxygen atoms in total. The summed E-state index contributed by atoms with van der Waals surface area (Å²) in [6.45, 7) is 0. The van der Waals surface area contributed by atoms with Gasteiger partial charge in [0.2, 0.25) is 0 Å². The largest absolute Gasteiger partial charge is 0.310 e. The Bertz CT molecular complexity index is 2560. The van der Waals surface area contributed by atoms with Crippen molar-refractivity contribution in [2.24, 2.45) is 0 Å². The quantitative estimate of drug-likeness (QED) is 0.155. The molecule has 0 saturated heterocycles. The molecule has 8 aromatic carbocycles. The molecule has 252 valence electrons. The lowest BCUT2D eigenvalue weighted by Gasteiger charge is -2.30. The molecule has 1 atom stereocenters. The van der Waals surface area contributed by atoms with Crippen LogP contribution in [-0.2, 0) is 0 Å². The molecule has 0 aliphatic heterocycles. The lowest BCUT2D eigenvalue weighted by atomic mass is 9.89. The minimum Gasteiger partial charge on any atom is -0.310 e. The average molecular weight is 678 g/mol. The van der Waals surface area contributed by atoms with E-state index in [2.05, 4.69) is 223 Å². The smallest absolute Gasteiger partial charge is 0.0542 e. The van der Waals surface area contributed by atoms with Crippen molar-refractivity contribution in [1.82, 2.24) is 0 Å². The molecule has 0 aromatic heterocycles.